The lowest BCUT2D eigenvalue weighted by Crippen LogP contribution is -2.48. The molecule has 0 aromatic rings. The fourth-order valence-corrected chi connectivity index (χ4v) is 3.78. The molecule has 210 valence electrons. The van der Waals surface area contributed by atoms with E-state index < -0.39 is 37.0 Å². The third-order valence-corrected chi connectivity index (χ3v) is 6.22. The van der Waals surface area contributed by atoms with Gasteiger partial charge in [0.1, 0.15) is 18.3 Å². The van der Waals surface area contributed by atoms with Crippen LogP contribution in [0.2, 0.25) is 0 Å². The van der Waals surface area contributed by atoms with Gasteiger partial charge in [-0.1, -0.05) is 104 Å². The first-order chi connectivity index (χ1) is 16.6. The van der Waals surface area contributed by atoms with Gasteiger partial charge in [-0.05, 0) is 12.8 Å². The Kier molecular flexibility index (Phi) is 25.1. The predicted octanol–water partition coefficient (Wildman–Crippen LogP) is 2.88. The maximum absolute atomic E-state index is 11.4. The number of amides is 1. The second-order valence-corrected chi connectivity index (χ2v) is 9.43. The van der Waals surface area contributed by atoms with Crippen LogP contribution in [0.1, 0.15) is 117 Å². The van der Waals surface area contributed by atoms with E-state index in [0.29, 0.717) is 0 Å². The first kappa shape index (κ1) is 35.9. The molecule has 5 unspecified atom stereocenters. The number of rotatable bonds is 22. The van der Waals surface area contributed by atoms with Crippen molar-refractivity contribution in [3.8, 4) is 0 Å². The van der Waals surface area contributed by atoms with E-state index in [1.165, 1.54) is 77.0 Å². The molecule has 1 amide bonds. The van der Waals surface area contributed by atoms with Crippen molar-refractivity contribution in [2.75, 3.05) is 6.61 Å². The van der Waals surface area contributed by atoms with Gasteiger partial charge in [-0.3, -0.25) is 4.79 Å². The van der Waals surface area contributed by atoms with E-state index >= 15 is 0 Å². The van der Waals surface area contributed by atoms with Crippen LogP contribution in [-0.2, 0) is 9.59 Å². The summed E-state index contributed by atoms with van der Waals surface area (Å²) in [7, 11) is 0. The summed E-state index contributed by atoms with van der Waals surface area (Å²) in [5.41, 5.74) is 5.48. The average Bonchev–Trinajstić information content (AvgIpc) is 2.84. The maximum Gasteiger partial charge on any atom is 0.335 e. The minimum atomic E-state index is -2.20. The molecule has 8 N–H and O–H groups in total. The highest BCUT2D eigenvalue weighted by Crippen LogP contribution is 2.18. The number of aliphatic hydroxyl groups excluding tert-OH is 5. The number of carboxylic acid groups (broad SMARTS) is 1. The third kappa shape index (κ3) is 20.6. The van der Waals surface area contributed by atoms with E-state index in [-0.39, 0.29) is 11.8 Å². The fraction of sp³-hybridized carbons (Fsp3) is 0.923. The van der Waals surface area contributed by atoms with Crippen molar-refractivity contribution in [3.05, 3.63) is 0 Å². The second kappa shape index (κ2) is 24.4. The molecule has 0 aliphatic rings. The Labute approximate surface area is 211 Å². The number of hydrogen-bond donors (Lipinski definition) is 7. The number of nitrogens with two attached hydrogens (primary N) is 1. The molecular formula is C26H53NO8. The molecule has 0 saturated carbocycles. The fourth-order valence-electron chi connectivity index (χ4n) is 3.78. The van der Waals surface area contributed by atoms with Crippen LogP contribution >= 0.6 is 0 Å². The minimum absolute atomic E-state index is 0.0866. The number of primary amides is 1. The van der Waals surface area contributed by atoms with Crippen LogP contribution in [-0.4, -0.2) is 73.5 Å². The first-order valence-corrected chi connectivity index (χ1v) is 13.5. The molecule has 9 heteroatoms. The summed E-state index contributed by atoms with van der Waals surface area (Å²) < 4.78 is 0. The lowest BCUT2D eigenvalue weighted by Gasteiger charge is -2.23. The summed E-state index contributed by atoms with van der Waals surface area (Å²) in [5.74, 6) is -1.68. The smallest absolute Gasteiger partial charge is 0.335 e. The number of unbranched alkanes of at least 4 members (excludes halogenated alkanes) is 12. The molecule has 0 saturated heterocycles. The normalized spacial score (nSPS) is 15.4. The van der Waals surface area contributed by atoms with E-state index in [1.807, 2.05) is 0 Å². The SMILES string of the molecule is CCCCCCCCCCCCCCC(CCCC)C(N)=O.O=C(O)C(O)C(O)C(O)C(O)CO. The third-order valence-electron chi connectivity index (χ3n) is 6.22. The highest BCUT2D eigenvalue weighted by Gasteiger charge is 2.33. The van der Waals surface area contributed by atoms with Crippen molar-refractivity contribution in [2.45, 2.75) is 141 Å². The molecule has 0 aromatic heterocycles. The van der Waals surface area contributed by atoms with Crippen molar-refractivity contribution in [3.63, 3.8) is 0 Å². The molecule has 5 atom stereocenters. The van der Waals surface area contributed by atoms with Gasteiger partial charge < -0.3 is 36.4 Å². The van der Waals surface area contributed by atoms with Crippen molar-refractivity contribution in [1.82, 2.24) is 0 Å². The monoisotopic (exact) mass is 507 g/mol. The Morgan fingerprint density at radius 2 is 1.06 bits per heavy atom. The van der Waals surface area contributed by atoms with Gasteiger partial charge in [-0.2, -0.15) is 0 Å². The predicted molar refractivity (Wildman–Crippen MR) is 137 cm³/mol. The molecule has 0 bridgehead atoms. The number of carbonyl (C=O) groups excluding carboxylic acids is 1. The number of hydrogen-bond acceptors (Lipinski definition) is 7. The molecule has 0 spiro atoms. The van der Waals surface area contributed by atoms with Gasteiger partial charge in [0.15, 0.2) is 6.10 Å². The van der Waals surface area contributed by atoms with Crippen molar-refractivity contribution in [1.29, 1.82) is 0 Å². The minimum Gasteiger partial charge on any atom is -0.479 e. The summed E-state index contributed by atoms with van der Waals surface area (Å²) in [5, 5.41) is 51.8. The largest absolute Gasteiger partial charge is 0.479 e. The van der Waals surface area contributed by atoms with Gasteiger partial charge in [0, 0.05) is 5.92 Å². The Balaban J connectivity index is 0. The lowest BCUT2D eigenvalue weighted by atomic mass is 9.94. The molecular weight excluding hydrogens is 454 g/mol. The highest BCUT2D eigenvalue weighted by atomic mass is 16.4. The van der Waals surface area contributed by atoms with Gasteiger partial charge >= 0.3 is 5.97 Å². The van der Waals surface area contributed by atoms with Crippen LogP contribution < -0.4 is 5.73 Å². The average molecular weight is 508 g/mol. The molecule has 0 aromatic carbocycles. The summed E-state index contributed by atoms with van der Waals surface area (Å²) in [6, 6.07) is 0. The summed E-state index contributed by atoms with van der Waals surface area (Å²) >= 11 is 0. The Bertz CT molecular complexity index is 506. The zero-order chi connectivity index (χ0) is 27.1. The van der Waals surface area contributed by atoms with Gasteiger partial charge in [0.05, 0.1) is 6.61 Å². The zero-order valence-electron chi connectivity index (χ0n) is 22.0. The summed E-state index contributed by atoms with van der Waals surface area (Å²) in [4.78, 5) is 21.5. The van der Waals surface area contributed by atoms with Crippen LogP contribution in [0, 0.1) is 5.92 Å². The number of carbonyl (C=O) groups is 2. The Morgan fingerprint density at radius 1 is 0.657 bits per heavy atom. The van der Waals surface area contributed by atoms with E-state index in [0.717, 1.165) is 25.7 Å². The molecule has 0 radical (unpaired) electrons. The molecule has 9 nitrogen and oxygen atoms in total. The van der Waals surface area contributed by atoms with Crippen molar-refractivity contribution >= 4 is 11.9 Å². The highest BCUT2D eigenvalue weighted by molar-refractivity contribution is 5.76. The standard InChI is InChI=1S/C20H41NO.C6H12O7/c1-3-5-7-8-9-10-11-12-13-14-15-16-18-19(20(21)22)17-6-4-2;7-1-2(8)3(9)4(10)5(11)6(12)13/h19H,3-18H2,1-2H3,(H2,21,22);2-5,7-11H,1H2,(H,12,13). The molecule has 0 rings (SSSR count). The number of aliphatic hydroxyl groups is 5. The van der Waals surface area contributed by atoms with Crippen LogP contribution in [0.25, 0.3) is 0 Å². The van der Waals surface area contributed by atoms with Gasteiger partial charge in [0.25, 0.3) is 0 Å². The maximum atomic E-state index is 11.4. The van der Waals surface area contributed by atoms with Crippen LogP contribution in [0.5, 0.6) is 0 Å². The van der Waals surface area contributed by atoms with Crippen molar-refractivity contribution in [2.24, 2.45) is 11.7 Å². The first-order valence-electron chi connectivity index (χ1n) is 13.5. The van der Waals surface area contributed by atoms with Crippen LogP contribution in [0.4, 0.5) is 0 Å². The Morgan fingerprint density at radius 3 is 1.43 bits per heavy atom. The van der Waals surface area contributed by atoms with E-state index in [1.54, 1.807) is 0 Å². The quantitative estimate of drug-likeness (QED) is 0.109. The number of carboxylic acids is 1. The number of aliphatic carboxylic acids is 1. The topological polar surface area (TPSA) is 182 Å². The summed E-state index contributed by atoms with van der Waals surface area (Å²) in [6.07, 6.45) is 12.8. The van der Waals surface area contributed by atoms with Crippen LogP contribution in [0.3, 0.4) is 0 Å². The molecule has 0 aliphatic carbocycles. The van der Waals surface area contributed by atoms with Crippen molar-refractivity contribution < 1.29 is 40.2 Å². The van der Waals surface area contributed by atoms with Gasteiger partial charge in [0.2, 0.25) is 5.91 Å². The molecule has 0 aliphatic heterocycles. The Hall–Kier alpha value is -1.26. The lowest BCUT2D eigenvalue weighted by molar-refractivity contribution is -0.164. The van der Waals surface area contributed by atoms with E-state index in [9.17, 15) is 9.59 Å². The zero-order valence-corrected chi connectivity index (χ0v) is 22.0. The van der Waals surface area contributed by atoms with Crippen LogP contribution in [0.15, 0.2) is 0 Å². The summed E-state index contributed by atoms with van der Waals surface area (Å²) in [6.45, 7) is 3.60. The van der Waals surface area contributed by atoms with E-state index in [4.69, 9.17) is 36.4 Å². The van der Waals surface area contributed by atoms with Gasteiger partial charge in [-0.15, -0.1) is 0 Å². The molecule has 0 heterocycles. The molecule has 0 fully saturated rings. The second-order valence-electron chi connectivity index (χ2n) is 9.43. The van der Waals surface area contributed by atoms with Gasteiger partial charge in [-0.25, -0.2) is 4.79 Å². The van der Waals surface area contributed by atoms with E-state index in [2.05, 4.69) is 13.8 Å². The molecule has 35 heavy (non-hydrogen) atoms.